The van der Waals surface area contributed by atoms with Crippen LogP contribution in [0.25, 0.3) is 0 Å². The van der Waals surface area contributed by atoms with Gasteiger partial charge < -0.3 is 10.5 Å². The summed E-state index contributed by atoms with van der Waals surface area (Å²) in [6.07, 6.45) is 0. The number of nitrogens with two attached hydrogens (primary N) is 1. The monoisotopic (exact) mass is 243 g/mol. The Morgan fingerprint density at radius 3 is 2.44 bits per heavy atom. The van der Waals surface area contributed by atoms with Gasteiger partial charge in [-0.25, -0.2) is 4.39 Å². The average Bonchev–Trinajstić information content (AvgIpc) is 2.30. The zero-order chi connectivity index (χ0) is 12.6. The van der Waals surface area contributed by atoms with Crippen LogP contribution in [0.1, 0.15) is 11.1 Å². The maximum absolute atomic E-state index is 14.0. The first-order valence-corrected chi connectivity index (χ1v) is 5.91. The van der Waals surface area contributed by atoms with Gasteiger partial charge in [0.1, 0.15) is 5.82 Å². The quantitative estimate of drug-likeness (QED) is 0.823. The van der Waals surface area contributed by atoms with Crippen molar-refractivity contribution in [3.8, 4) is 0 Å². The molecule has 2 aromatic rings. The molecule has 2 aromatic carbocycles. The Hall–Kier alpha value is -1.87. The van der Waals surface area contributed by atoms with Crippen LogP contribution in [0.2, 0.25) is 0 Å². The Bertz CT molecular complexity index is 578. The number of hydrogen-bond donors (Lipinski definition) is 1. The molecule has 1 saturated heterocycles. The zero-order valence-corrected chi connectivity index (χ0v) is 9.90. The molecule has 0 aromatic heterocycles. The summed E-state index contributed by atoms with van der Waals surface area (Å²) in [7, 11) is 0. The SMILES string of the molecule is Nc1cccc(C2(c3ccccc3F)COC2)c1. The summed E-state index contributed by atoms with van der Waals surface area (Å²) in [6.45, 7) is 0.995. The number of halogens is 1. The van der Waals surface area contributed by atoms with E-state index in [9.17, 15) is 4.39 Å². The lowest BCUT2D eigenvalue weighted by molar-refractivity contribution is -0.0395. The van der Waals surface area contributed by atoms with E-state index in [0.29, 0.717) is 24.5 Å². The van der Waals surface area contributed by atoms with Gasteiger partial charge in [-0.15, -0.1) is 0 Å². The summed E-state index contributed by atoms with van der Waals surface area (Å²) >= 11 is 0. The fraction of sp³-hybridized carbons (Fsp3) is 0.200. The van der Waals surface area contributed by atoms with Gasteiger partial charge in [-0.3, -0.25) is 0 Å². The maximum atomic E-state index is 14.0. The Morgan fingerprint density at radius 1 is 1.06 bits per heavy atom. The molecule has 1 aliphatic heterocycles. The molecule has 1 fully saturated rings. The fourth-order valence-corrected chi connectivity index (χ4v) is 2.47. The van der Waals surface area contributed by atoms with E-state index in [-0.39, 0.29) is 11.2 Å². The molecular weight excluding hydrogens is 229 g/mol. The minimum absolute atomic E-state index is 0.191. The first-order chi connectivity index (χ1) is 8.72. The molecule has 0 saturated carbocycles. The third-order valence-electron chi connectivity index (χ3n) is 3.53. The van der Waals surface area contributed by atoms with Crippen molar-refractivity contribution in [1.29, 1.82) is 0 Å². The molecule has 0 atom stereocenters. The molecule has 0 aliphatic carbocycles. The Balaban J connectivity index is 2.14. The normalized spacial score (nSPS) is 17.2. The van der Waals surface area contributed by atoms with Crippen molar-refractivity contribution < 1.29 is 9.13 Å². The van der Waals surface area contributed by atoms with E-state index in [1.54, 1.807) is 6.07 Å². The van der Waals surface area contributed by atoms with Crippen molar-refractivity contribution in [2.75, 3.05) is 18.9 Å². The van der Waals surface area contributed by atoms with Crippen molar-refractivity contribution in [2.45, 2.75) is 5.41 Å². The van der Waals surface area contributed by atoms with Crippen molar-refractivity contribution in [2.24, 2.45) is 0 Å². The number of hydrogen-bond acceptors (Lipinski definition) is 2. The molecule has 1 heterocycles. The molecular formula is C15H14FNO. The lowest BCUT2D eigenvalue weighted by Crippen LogP contribution is -2.48. The predicted octanol–water partition coefficient (Wildman–Crippen LogP) is 2.72. The number of nitrogen functional groups attached to an aromatic ring is 1. The number of benzene rings is 2. The summed E-state index contributed by atoms with van der Waals surface area (Å²) < 4.78 is 19.3. The van der Waals surface area contributed by atoms with Crippen LogP contribution in [-0.4, -0.2) is 13.2 Å². The van der Waals surface area contributed by atoms with Crippen molar-refractivity contribution >= 4 is 5.69 Å². The van der Waals surface area contributed by atoms with Crippen LogP contribution in [-0.2, 0) is 10.2 Å². The molecule has 2 nitrogen and oxygen atoms in total. The largest absolute Gasteiger partial charge is 0.399 e. The van der Waals surface area contributed by atoms with Crippen molar-refractivity contribution in [1.82, 2.24) is 0 Å². The number of ether oxygens (including phenoxy) is 1. The highest BCUT2D eigenvalue weighted by Crippen LogP contribution is 2.40. The second-order valence-corrected chi connectivity index (χ2v) is 4.68. The van der Waals surface area contributed by atoms with Crippen LogP contribution in [0, 0.1) is 5.82 Å². The summed E-state index contributed by atoms with van der Waals surface area (Å²) in [5.74, 6) is -0.191. The maximum Gasteiger partial charge on any atom is 0.127 e. The van der Waals surface area contributed by atoms with Gasteiger partial charge in [0.05, 0.1) is 18.6 Å². The van der Waals surface area contributed by atoms with Crippen LogP contribution in [0.3, 0.4) is 0 Å². The van der Waals surface area contributed by atoms with Gasteiger partial charge >= 0.3 is 0 Å². The first-order valence-electron chi connectivity index (χ1n) is 5.91. The number of anilines is 1. The van der Waals surface area contributed by atoms with Crippen LogP contribution in [0.15, 0.2) is 48.5 Å². The highest BCUT2D eigenvalue weighted by Gasteiger charge is 2.43. The van der Waals surface area contributed by atoms with E-state index in [2.05, 4.69) is 0 Å². The molecule has 92 valence electrons. The lowest BCUT2D eigenvalue weighted by atomic mass is 9.72. The molecule has 1 aliphatic rings. The second kappa shape index (κ2) is 4.10. The summed E-state index contributed by atoms with van der Waals surface area (Å²) in [5.41, 5.74) is 7.81. The molecule has 0 bridgehead atoms. The average molecular weight is 243 g/mol. The van der Waals surface area contributed by atoms with Crippen molar-refractivity contribution in [3.63, 3.8) is 0 Å². The fourth-order valence-electron chi connectivity index (χ4n) is 2.47. The minimum Gasteiger partial charge on any atom is -0.399 e. The highest BCUT2D eigenvalue weighted by molar-refractivity contribution is 5.49. The van der Waals surface area contributed by atoms with E-state index < -0.39 is 0 Å². The molecule has 2 N–H and O–H groups in total. The van der Waals surface area contributed by atoms with Crippen LogP contribution >= 0.6 is 0 Å². The van der Waals surface area contributed by atoms with E-state index in [1.807, 2.05) is 36.4 Å². The molecule has 3 heteroatoms. The van der Waals surface area contributed by atoms with Crippen LogP contribution in [0.4, 0.5) is 10.1 Å². The molecule has 0 radical (unpaired) electrons. The van der Waals surface area contributed by atoms with E-state index in [0.717, 1.165) is 5.56 Å². The van der Waals surface area contributed by atoms with E-state index >= 15 is 0 Å². The second-order valence-electron chi connectivity index (χ2n) is 4.68. The predicted molar refractivity (Wildman–Crippen MR) is 68.9 cm³/mol. The van der Waals surface area contributed by atoms with Crippen LogP contribution < -0.4 is 5.73 Å². The van der Waals surface area contributed by atoms with E-state index in [4.69, 9.17) is 10.5 Å². The smallest absolute Gasteiger partial charge is 0.127 e. The van der Waals surface area contributed by atoms with Gasteiger partial charge in [-0.05, 0) is 23.8 Å². The third kappa shape index (κ3) is 1.59. The topological polar surface area (TPSA) is 35.2 Å². The van der Waals surface area contributed by atoms with Gasteiger partial charge in [0.15, 0.2) is 0 Å². The molecule has 0 unspecified atom stereocenters. The highest BCUT2D eigenvalue weighted by atomic mass is 19.1. The Morgan fingerprint density at radius 2 is 1.83 bits per heavy atom. The third-order valence-corrected chi connectivity index (χ3v) is 3.53. The summed E-state index contributed by atoms with van der Waals surface area (Å²) in [4.78, 5) is 0. The van der Waals surface area contributed by atoms with E-state index in [1.165, 1.54) is 6.07 Å². The van der Waals surface area contributed by atoms with Crippen molar-refractivity contribution in [3.05, 3.63) is 65.5 Å². The molecule has 18 heavy (non-hydrogen) atoms. The number of rotatable bonds is 2. The standard InChI is InChI=1S/C15H14FNO/c16-14-7-2-1-6-13(14)15(9-18-10-15)11-4-3-5-12(17)8-11/h1-8H,9-10,17H2. The van der Waals surface area contributed by atoms with Gasteiger partial charge in [-0.2, -0.15) is 0 Å². The summed E-state index contributed by atoms with van der Waals surface area (Å²) in [6, 6.07) is 14.5. The van der Waals surface area contributed by atoms with Gasteiger partial charge in [0.2, 0.25) is 0 Å². The minimum atomic E-state index is -0.388. The molecule has 0 spiro atoms. The Kier molecular flexibility index (Phi) is 2.56. The van der Waals surface area contributed by atoms with Gasteiger partial charge in [-0.1, -0.05) is 30.3 Å². The first kappa shape index (κ1) is 11.2. The van der Waals surface area contributed by atoms with Gasteiger partial charge in [0.25, 0.3) is 0 Å². The lowest BCUT2D eigenvalue weighted by Gasteiger charge is -2.42. The Labute approximate surface area is 105 Å². The molecule has 0 amide bonds. The van der Waals surface area contributed by atoms with Gasteiger partial charge in [0, 0.05) is 11.3 Å². The molecule has 3 rings (SSSR count). The summed E-state index contributed by atoms with van der Waals surface area (Å²) in [5, 5.41) is 0. The zero-order valence-electron chi connectivity index (χ0n) is 9.90. The van der Waals surface area contributed by atoms with Crippen LogP contribution in [0.5, 0.6) is 0 Å².